The third kappa shape index (κ3) is 3.76. The van der Waals surface area contributed by atoms with Gasteiger partial charge in [-0.15, -0.1) is 11.3 Å². The highest BCUT2D eigenvalue weighted by Gasteiger charge is 2.32. The summed E-state index contributed by atoms with van der Waals surface area (Å²) in [5, 5.41) is 6.80. The summed E-state index contributed by atoms with van der Waals surface area (Å²) in [6, 6.07) is 0.309. The van der Waals surface area contributed by atoms with E-state index in [-0.39, 0.29) is 5.60 Å². The van der Waals surface area contributed by atoms with Crippen molar-refractivity contribution in [2.75, 3.05) is 13.7 Å². The molecule has 3 nitrogen and oxygen atoms in total. The lowest BCUT2D eigenvalue weighted by Crippen LogP contribution is -2.51. The first kappa shape index (κ1) is 14.6. The molecule has 1 N–H and O–H groups in total. The molecular weight excluding hydrogens is 232 g/mol. The number of aromatic nitrogens is 1. The van der Waals surface area contributed by atoms with E-state index in [4.69, 9.17) is 4.74 Å². The minimum Gasteiger partial charge on any atom is -0.377 e. The summed E-state index contributed by atoms with van der Waals surface area (Å²) in [4.78, 5) is 4.54. The van der Waals surface area contributed by atoms with Gasteiger partial charge in [0.15, 0.2) is 0 Å². The zero-order chi connectivity index (χ0) is 12.9. The number of rotatable bonds is 7. The van der Waals surface area contributed by atoms with Gasteiger partial charge in [-0.1, -0.05) is 13.8 Å². The van der Waals surface area contributed by atoms with E-state index in [0.29, 0.717) is 6.04 Å². The Hall–Kier alpha value is -0.450. The molecule has 0 aromatic carbocycles. The van der Waals surface area contributed by atoms with E-state index in [9.17, 15) is 0 Å². The molecule has 4 heteroatoms. The largest absolute Gasteiger partial charge is 0.377 e. The lowest BCUT2D eigenvalue weighted by molar-refractivity contribution is -0.0285. The summed E-state index contributed by atoms with van der Waals surface area (Å²) in [5.41, 5.74) is 1.03. The molecule has 2 atom stereocenters. The molecule has 98 valence electrons. The van der Waals surface area contributed by atoms with E-state index < -0.39 is 0 Å². The third-order valence-electron chi connectivity index (χ3n) is 3.44. The molecule has 0 aliphatic heterocycles. The number of nitrogens with one attached hydrogen (secondary N) is 1. The Kier molecular flexibility index (Phi) is 5.56. The van der Waals surface area contributed by atoms with Gasteiger partial charge in [-0.3, -0.25) is 0 Å². The monoisotopic (exact) mass is 256 g/mol. The number of ether oxygens (including phenoxy) is 1. The summed E-state index contributed by atoms with van der Waals surface area (Å²) in [5.74, 6) is 0. The topological polar surface area (TPSA) is 34.2 Å². The maximum Gasteiger partial charge on any atom is 0.0897 e. The van der Waals surface area contributed by atoms with Crippen LogP contribution in [0.2, 0.25) is 0 Å². The Bertz CT molecular complexity index is 334. The zero-order valence-corrected chi connectivity index (χ0v) is 12.4. The fraction of sp³-hybridized carbons (Fsp3) is 0.769. The molecule has 2 unspecified atom stereocenters. The van der Waals surface area contributed by atoms with Crippen molar-refractivity contribution in [3.8, 4) is 0 Å². The summed E-state index contributed by atoms with van der Waals surface area (Å²) in [6.07, 6.45) is 1.92. The van der Waals surface area contributed by atoms with Gasteiger partial charge in [0, 0.05) is 25.0 Å². The molecule has 0 saturated carbocycles. The zero-order valence-electron chi connectivity index (χ0n) is 11.5. The van der Waals surface area contributed by atoms with Crippen LogP contribution in [0.4, 0.5) is 0 Å². The van der Waals surface area contributed by atoms with Gasteiger partial charge in [0.05, 0.1) is 16.3 Å². The van der Waals surface area contributed by atoms with Crippen molar-refractivity contribution in [3.05, 3.63) is 16.1 Å². The molecule has 0 aliphatic rings. The van der Waals surface area contributed by atoms with Gasteiger partial charge in [-0.2, -0.15) is 0 Å². The molecule has 1 aromatic rings. The van der Waals surface area contributed by atoms with Crippen LogP contribution in [0.25, 0.3) is 0 Å². The van der Waals surface area contributed by atoms with E-state index in [1.54, 1.807) is 18.4 Å². The van der Waals surface area contributed by atoms with Crippen LogP contribution in [-0.4, -0.2) is 30.3 Å². The van der Waals surface area contributed by atoms with E-state index in [1.165, 1.54) is 0 Å². The predicted molar refractivity (Wildman–Crippen MR) is 73.7 cm³/mol. The van der Waals surface area contributed by atoms with Crippen molar-refractivity contribution in [3.63, 3.8) is 0 Å². The van der Waals surface area contributed by atoms with Crippen LogP contribution < -0.4 is 5.32 Å². The number of likely N-dealkylation sites (N-methyl/N-ethyl adjacent to an activating group) is 1. The maximum atomic E-state index is 5.69. The van der Waals surface area contributed by atoms with Gasteiger partial charge < -0.3 is 10.1 Å². The van der Waals surface area contributed by atoms with Gasteiger partial charge in [-0.05, 0) is 26.8 Å². The second kappa shape index (κ2) is 6.47. The van der Waals surface area contributed by atoms with Crippen LogP contribution in [0.1, 0.15) is 37.9 Å². The van der Waals surface area contributed by atoms with Crippen LogP contribution in [0.15, 0.2) is 5.38 Å². The minimum absolute atomic E-state index is 0.131. The predicted octanol–water partition coefficient (Wildman–Crippen LogP) is 2.79. The molecule has 0 saturated heterocycles. The molecule has 1 aromatic heterocycles. The second-order valence-corrected chi connectivity index (χ2v) is 5.60. The van der Waals surface area contributed by atoms with Gasteiger partial charge >= 0.3 is 0 Å². The van der Waals surface area contributed by atoms with Crippen molar-refractivity contribution in [1.29, 1.82) is 0 Å². The minimum atomic E-state index is -0.131. The highest BCUT2D eigenvalue weighted by molar-refractivity contribution is 7.09. The second-order valence-electron chi connectivity index (χ2n) is 4.54. The first-order chi connectivity index (χ1) is 8.05. The third-order valence-corrected chi connectivity index (χ3v) is 4.26. The number of nitrogens with zero attached hydrogens (tertiary/aromatic N) is 1. The lowest BCUT2D eigenvalue weighted by Gasteiger charge is -2.36. The molecule has 0 bridgehead atoms. The van der Waals surface area contributed by atoms with Crippen LogP contribution >= 0.6 is 11.3 Å². The molecule has 0 amide bonds. The van der Waals surface area contributed by atoms with Crippen LogP contribution in [0.3, 0.4) is 0 Å². The van der Waals surface area contributed by atoms with Gasteiger partial charge in [0.25, 0.3) is 0 Å². The van der Waals surface area contributed by atoms with Crippen molar-refractivity contribution in [2.45, 2.75) is 52.2 Å². The molecular formula is C13H24N2OS. The SMILES string of the molecule is CCNC(Cc1csc(C)n1)C(C)(CC)OC. The van der Waals surface area contributed by atoms with Crippen molar-refractivity contribution in [2.24, 2.45) is 0 Å². The Labute approximate surface area is 109 Å². The fourth-order valence-electron chi connectivity index (χ4n) is 1.99. The maximum absolute atomic E-state index is 5.69. The van der Waals surface area contributed by atoms with Crippen molar-refractivity contribution >= 4 is 11.3 Å². The standard InChI is InChI=1S/C13H24N2OS/c1-6-13(4,16-5)12(14-7-2)8-11-9-17-10(3)15-11/h9,12,14H,6-8H2,1-5H3. The van der Waals surface area contributed by atoms with Gasteiger partial charge in [-0.25, -0.2) is 4.98 Å². The van der Waals surface area contributed by atoms with Crippen molar-refractivity contribution in [1.82, 2.24) is 10.3 Å². The quantitative estimate of drug-likeness (QED) is 0.814. The molecule has 0 fully saturated rings. The number of aryl methyl sites for hydroxylation is 1. The molecule has 1 heterocycles. The first-order valence-corrected chi connectivity index (χ1v) is 7.13. The van der Waals surface area contributed by atoms with Gasteiger partial charge in [0.2, 0.25) is 0 Å². The summed E-state index contributed by atoms with van der Waals surface area (Å²) in [6.45, 7) is 9.46. The first-order valence-electron chi connectivity index (χ1n) is 6.25. The number of methoxy groups -OCH3 is 1. The Morgan fingerprint density at radius 2 is 2.24 bits per heavy atom. The van der Waals surface area contributed by atoms with Crippen LogP contribution in [0, 0.1) is 6.92 Å². The van der Waals surface area contributed by atoms with E-state index in [0.717, 1.165) is 30.1 Å². The highest BCUT2D eigenvalue weighted by atomic mass is 32.1. The summed E-state index contributed by atoms with van der Waals surface area (Å²) in [7, 11) is 1.79. The lowest BCUT2D eigenvalue weighted by atomic mass is 9.90. The fourth-order valence-corrected chi connectivity index (χ4v) is 2.62. The average Bonchev–Trinajstić information content (AvgIpc) is 2.73. The number of hydrogen-bond acceptors (Lipinski definition) is 4. The summed E-state index contributed by atoms with van der Waals surface area (Å²) < 4.78 is 5.69. The highest BCUT2D eigenvalue weighted by Crippen LogP contribution is 2.23. The average molecular weight is 256 g/mol. The molecule has 0 spiro atoms. The molecule has 17 heavy (non-hydrogen) atoms. The molecule has 1 rings (SSSR count). The summed E-state index contributed by atoms with van der Waals surface area (Å²) >= 11 is 1.71. The van der Waals surface area contributed by atoms with E-state index >= 15 is 0 Å². The van der Waals surface area contributed by atoms with Crippen LogP contribution in [-0.2, 0) is 11.2 Å². The van der Waals surface area contributed by atoms with E-state index in [2.05, 4.69) is 36.5 Å². The Morgan fingerprint density at radius 1 is 1.53 bits per heavy atom. The Morgan fingerprint density at radius 3 is 2.65 bits per heavy atom. The number of hydrogen-bond donors (Lipinski definition) is 1. The number of thiazole rings is 1. The van der Waals surface area contributed by atoms with Crippen molar-refractivity contribution < 1.29 is 4.74 Å². The normalized spacial score (nSPS) is 16.8. The molecule has 0 radical (unpaired) electrons. The Balaban J connectivity index is 2.78. The van der Waals surface area contributed by atoms with Gasteiger partial charge in [0.1, 0.15) is 0 Å². The smallest absolute Gasteiger partial charge is 0.0897 e. The molecule has 0 aliphatic carbocycles. The van der Waals surface area contributed by atoms with E-state index in [1.807, 2.05) is 6.92 Å². The van der Waals surface area contributed by atoms with Crippen LogP contribution in [0.5, 0.6) is 0 Å².